The maximum absolute atomic E-state index is 5.93. The summed E-state index contributed by atoms with van der Waals surface area (Å²) in [5, 5.41) is 3.20. The molecule has 1 aliphatic heterocycles. The van der Waals surface area contributed by atoms with Gasteiger partial charge in [-0.05, 0) is 24.6 Å². The molecule has 2 rings (SSSR count). The third-order valence-electron chi connectivity index (χ3n) is 4.79. The summed E-state index contributed by atoms with van der Waals surface area (Å²) in [6, 6.07) is 8.78. The van der Waals surface area contributed by atoms with Crippen LogP contribution in [0.5, 0.6) is 0 Å². The minimum atomic E-state index is 0. The predicted molar refractivity (Wildman–Crippen MR) is 122 cm³/mol. The Balaban J connectivity index is 0.00000338. The summed E-state index contributed by atoms with van der Waals surface area (Å²) in [6.45, 7) is 9.46. The van der Waals surface area contributed by atoms with Crippen molar-refractivity contribution < 1.29 is 0 Å². The van der Waals surface area contributed by atoms with E-state index in [0.717, 1.165) is 45.7 Å². The molecule has 1 saturated heterocycles. The standard InChI is InChI=1S/C20H35N5.HI/c1-3-4-5-6-11-22-20(21)23-16-18-7-9-19(10-8-18)17-25-14-12-24(2)13-15-25;/h7-10H,3-6,11-17H2,1-2H3,(H3,21,22,23);1H. The largest absolute Gasteiger partial charge is 0.370 e. The molecule has 0 spiro atoms. The van der Waals surface area contributed by atoms with E-state index in [0.29, 0.717) is 12.5 Å². The number of nitrogens with two attached hydrogens (primary N) is 1. The van der Waals surface area contributed by atoms with Crippen LogP contribution in [0.2, 0.25) is 0 Å². The molecule has 0 saturated carbocycles. The molecular weight excluding hydrogens is 437 g/mol. The fraction of sp³-hybridized carbons (Fsp3) is 0.650. The Labute approximate surface area is 176 Å². The number of nitrogens with one attached hydrogen (secondary N) is 1. The van der Waals surface area contributed by atoms with E-state index in [9.17, 15) is 0 Å². The predicted octanol–water partition coefficient (Wildman–Crippen LogP) is 3.04. The average Bonchev–Trinajstić information content (AvgIpc) is 2.63. The maximum atomic E-state index is 5.93. The number of aliphatic imine (C=N–C) groups is 1. The Kier molecular flexibility index (Phi) is 11.9. The second-order valence-electron chi connectivity index (χ2n) is 7.08. The second kappa shape index (κ2) is 13.3. The number of piperazine rings is 1. The van der Waals surface area contributed by atoms with Gasteiger partial charge in [-0.25, -0.2) is 4.99 Å². The third kappa shape index (κ3) is 9.19. The van der Waals surface area contributed by atoms with Gasteiger partial charge < -0.3 is 16.0 Å². The Morgan fingerprint density at radius 1 is 1.04 bits per heavy atom. The smallest absolute Gasteiger partial charge is 0.188 e. The molecule has 1 aliphatic rings. The number of hydrogen-bond donors (Lipinski definition) is 2. The van der Waals surface area contributed by atoms with Gasteiger partial charge in [0.05, 0.1) is 6.54 Å². The highest BCUT2D eigenvalue weighted by atomic mass is 127. The highest BCUT2D eigenvalue weighted by molar-refractivity contribution is 14.0. The average molecular weight is 473 g/mol. The van der Waals surface area contributed by atoms with E-state index < -0.39 is 0 Å². The molecule has 0 radical (unpaired) electrons. The number of unbranched alkanes of at least 4 members (excludes halogenated alkanes) is 3. The van der Waals surface area contributed by atoms with E-state index in [4.69, 9.17) is 5.73 Å². The molecule has 1 heterocycles. The molecule has 1 aromatic rings. The maximum Gasteiger partial charge on any atom is 0.188 e. The molecule has 1 fully saturated rings. The van der Waals surface area contributed by atoms with Crippen LogP contribution >= 0.6 is 24.0 Å². The minimum absolute atomic E-state index is 0. The number of guanidine groups is 1. The zero-order chi connectivity index (χ0) is 17.9. The fourth-order valence-corrected chi connectivity index (χ4v) is 3.01. The second-order valence-corrected chi connectivity index (χ2v) is 7.08. The van der Waals surface area contributed by atoms with Gasteiger partial charge in [0.25, 0.3) is 0 Å². The van der Waals surface area contributed by atoms with Crippen LogP contribution in [0, 0.1) is 0 Å². The van der Waals surface area contributed by atoms with Gasteiger partial charge in [-0.15, -0.1) is 24.0 Å². The molecule has 148 valence electrons. The summed E-state index contributed by atoms with van der Waals surface area (Å²) >= 11 is 0. The van der Waals surface area contributed by atoms with Crippen LogP contribution in [-0.2, 0) is 13.1 Å². The van der Waals surface area contributed by atoms with Gasteiger partial charge in [-0.3, -0.25) is 4.90 Å². The van der Waals surface area contributed by atoms with Gasteiger partial charge in [-0.1, -0.05) is 50.5 Å². The molecule has 1 aromatic carbocycles. The lowest BCUT2D eigenvalue weighted by Crippen LogP contribution is -2.43. The van der Waals surface area contributed by atoms with Gasteiger partial charge >= 0.3 is 0 Å². The lowest BCUT2D eigenvalue weighted by molar-refractivity contribution is 0.148. The van der Waals surface area contributed by atoms with E-state index in [1.54, 1.807) is 0 Å². The van der Waals surface area contributed by atoms with Gasteiger partial charge in [0.1, 0.15) is 0 Å². The minimum Gasteiger partial charge on any atom is -0.370 e. The highest BCUT2D eigenvalue weighted by Crippen LogP contribution is 2.10. The molecule has 3 N–H and O–H groups in total. The van der Waals surface area contributed by atoms with Crippen molar-refractivity contribution in [2.75, 3.05) is 39.8 Å². The lowest BCUT2D eigenvalue weighted by atomic mass is 10.1. The fourth-order valence-electron chi connectivity index (χ4n) is 3.01. The quantitative estimate of drug-likeness (QED) is 0.251. The number of benzene rings is 1. The first kappa shape index (κ1) is 23.2. The SMILES string of the molecule is CCCCCCNC(N)=NCc1ccc(CN2CCN(C)CC2)cc1.I. The summed E-state index contributed by atoms with van der Waals surface area (Å²) < 4.78 is 0. The van der Waals surface area contributed by atoms with Gasteiger partial charge in [0.15, 0.2) is 5.96 Å². The van der Waals surface area contributed by atoms with E-state index in [-0.39, 0.29) is 24.0 Å². The van der Waals surface area contributed by atoms with Gasteiger partial charge in [-0.2, -0.15) is 0 Å². The van der Waals surface area contributed by atoms with Crippen molar-refractivity contribution >= 4 is 29.9 Å². The van der Waals surface area contributed by atoms with E-state index >= 15 is 0 Å². The number of likely N-dealkylation sites (N-methyl/N-ethyl adjacent to an activating group) is 1. The summed E-state index contributed by atoms with van der Waals surface area (Å²) in [6.07, 6.45) is 4.96. The number of nitrogens with zero attached hydrogens (tertiary/aromatic N) is 3. The number of hydrogen-bond acceptors (Lipinski definition) is 3. The van der Waals surface area contributed by atoms with Crippen LogP contribution in [-0.4, -0.2) is 55.5 Å². The first-order valence-corrected chi connectivity index (χ1v) is 9.70. The molecule has 0 aromatic heterocycles. The zero-order valence-corrected chi connectivity index (χ0v) is 18.7. The van der Waals surface area contributed by atoms with Crippen LogP contribution in [0.25, 0.3) is 0 Å². The van der Waals surface area contributed by atoms with Crippen molar-refractivity contribution in [2.45, 2.75) is 45.7 Å². The first-order chi connectivity index (χ1) is 12.2. The zero-order valence-electron chi connectivity index (χ0n) is 16.4. The van der Waals surface area contributed by atoms with Crippen molar-refractivity contribution in [3.8, 4) is 0 Å². The molecule has 0 bridgehead atoms. The van der Waals surface area contributed by atoms with Crippen molar-refractivity contribution in [2.24, 2.45) is 10.7 Å². The van der Waals surface area contributed by atoms with Crippen molar-refractivity contribution in [3.05, 3.63) is 35.4 Å². The summed E-state index contributed by atoms with van der Waals surface area (Å²) in [5.41, 5.74) is 8.51. The molecular formula is C20H36IN5. The Morgan fingerprint density at radius 3 is 2.35 bits per heavy atom. The van der Waals surface area contributed by atoms with Crippen molar-refractivity contribution in [3.63, 3.8) is 0 Å². The monoisotopic (exact) mass is 473 g/mol. The molecule has 26 heavy (non-hydrogen) atoms. The van der Waals surface area contributed by atoms with Crippen LogP contribution in [0.15, 0.2) is 29.3 Å². The molecule has 5 nitrogen and oxygen atoms in total. The van der Waals surface area contributed by atoms with Gasteiger partial charge in [0, 0.05) is 39.3 Å². The van der Waals surface area contributed by atoms with Crippen molar-refractivity contribution in [1.82, 2.24) is 15.1 Å². The molecule has 0 unspecified atom stereocenters. The summed E-state index contributed by atoms with van der Waals surface area (Å²) in [5.74, 6) is 0.554. The van der Waals surface area contributed by atoms with Crippen molar-refractivity contribution in [1.29, 1.82) is 0 Å². The number of halogens is 1. The first-order valence-electron chi connectivity index (χ1n) is 9.70. The topological polar surface area (TPSA) is 56.9 Å². The Hall–Kier alpha value is -0.860. The van der Waals surface area contributed by atoms with Crippen LogP contribution in [0.4, 0.5) is 0 Å². The van der Waals surface area contributed by atoms with Crippen LogP contribution < -0.4 is 11.1 Å². The Morgan fingerprint density at radius 2 is 1.69 bits per heavy atom. The van der Waals surface area contributed by atoms with Crippen LogP contribution in [0.1, 0.15) is 43.7 Å². The van der Waals surface area contributed by atoms with E-state index in [1.807, 2.05) is 0 Å². The van der Waals surface area contributed by atoms with E-state index in [2.05, 4.69) is 58.3 Å². The summed E-state index contributed by atoms with van der Waals surface area (Å²) in [7, 11) is 2.19. The molecule has 6 heteroatoms. The molecule has 0 atom stereocenters. The third-order valence-corrected chi connectivity index (χ3v) is 4.79. The van der Waals surface area contributed by atoms with Gasteiger partial charge in [0.2, 0.25) is 0 Å². The molecule has 0 amide bonds. The highest BCUT2D eigenvalue weighted by Gasteiger charge is 2.13. The lowest BCUT2D eigenvalue weighted by Gasteiger charge is -2.32. The molecule has 0 aliphatic carbocycles. The normalized spacial score (nSPS) is 16.3. The Bertz CT molecular complexity index is 509. The summed E-state index contributed by atoms with van der Waals surface area (Å²) in [4.78, 5) is 9.34. The van der Waals surface area contributed by atoms with Crippen LogP contribution in [0.3, 0.4) is 0 Å². The van der Waals surface area contributed by atoms with E-state index in [1.165, 1.54) is 30.4 Å². The number of rotatable bonds is 9.